The van der Waals surface area contributed by atoms with Crippen LogP contribution in [0.25, 0.3) is 66.5 Å². The molecule has 3 amide bonds. The highest BCUT2D eigenvalue weighted by atomic mass is 35.5. The molecule has 6 aromatic carbocycles. The molecule has 1 aliphatic carbocycles. The smallest absolute Gasteiger partial charge is 0.298 e. The number of benzene rings is 6. The van der Waals surface area contributed by atoms with E-state index in [0.29, 0.717) is 202 Å². The van der Waals surface area contributed by atoms with Crippen molar-refractivity contribution in [3.63, 3.8) is 0 Å². The van der Waals surface area contributed by atoms with Gasteiger partial charge in [-0.15, -0.1) is 0 Å². The second-order valence-corrected chi connectivity index (χ2v) is 38.1. The largest absolute Gasteiger partial charge is 0.495 e. The van der Waals surface area contributed by atoms with Crippen LogP contribution < -0.4 is 66.4 Å². The molecule has 3 aliphatic rings. The number of hydrogen-bond donors (Lipinski definition) is 4. The summed E-state index contributed by atoms with van der Waals surface area (Å²) in [5.41, 5.74) is 8.78. The van der Waals surface area contributed by atoms with Crippen LogP contribution in [0.5, 0.6) is 34.5 Å². The molecule has 33 nitrogen and oxygen atoms in total. The first-order chi connectivity index (χ1) is 71.6. The van der Waals surface area contributed by atoms with E-state index in [4.69, 9.17) is 113 Å². The Labute approximate surface area is 892 Å². The van der Waals surface area contributed by atoms with Crippen LogP contribution in [-0.2, 0) is 67.7 Å². The minimum absolute atomic E-state index is 0.0159. The molecular formula is C110H116Cl6N18O15. The Morgan fingerprint density at radius 2 is 0.779 bits per heavy atom. The number of rotatable bonds is 39. The van der Waals surface area contributed by atoms with Crippen molar-refractivity contribution in [2.45, 2.75) is 98.3 Å². The maximum absolute atomic E-state index is 14.5. The van der Waals surface area contributed by atoms with Crippen LogP contribution in [0.15, 0.2) is 187 Å². The van der Waals surface area contributed by atoms with Crippen LogP contribution in [0.2, 0.25) is 30.1 Å². The topological polar surface area (TPSA) is 365 Å². The molecule has 6 aromatic heterocycles. The van der Waals surface area contributed by atoms with Crippen molar-refractivity contribution in [3.05, 3.63) is 267 Å². The molecule has 4 N–H and O–H groups in total. The van der Waals surface area contributed by atoms with Gasteiger partial charge in [0.25, 0.3) is 22.6 Å². The fourth-order valence-electron chi connectivity index (χ4n) is 17.9. The molecule has 0 radical (unpaired) electrons. The summed E-state index contributed by atoms with van der Waals surface area (Å²) in [7, 11) is 12.7. The monoisotopic (exact) mass is 2140 g/mol. The average Bonchev–Trinajstić information content (AvgIpc) is 0.754. The summed E-state index contributed by atoms with van der Waals surface area (Å²) < 4.78 is 37.7. The summed E-state index contributed by atoms with van der Waals surface area (Å²) in [4.78, 5) is 155. The summed E-state index contributed by atoms with van der Waals surface area (Å²) in [5.74, 6) is 7.19. The molecule has 149 heavy (non-hydrogen) atoms. The van der Waals surface area contributed by atoms with Crippen LogP contribution in [0.1, 0.15) is 66.0 Å². The fraction of sp³-hybridized carbons (Fsp3) is 0.318. The van der Waals surface area contributed by atoms with E-state index in [1.54, 1.807) is 91.5 Å². The lowest BCUT2D eigenvalue weighted by Crippen LogP contribution is -2.48. The average molecular weight is 2140 g/mol. The zero-order chi connectivity index (χ0) is 107. The number of methoxy groups -OCH3 is 6. The van der Waals surface area contributed by atoms with Crippen molar-refractivity contribution in [1.29, 1.82) is 0 Å². The number of para-hydroxylation sites is 3. The second-order valence-electron chi connectivity index (χ2n) is 35.8. The molecule has 8 heterocycles. The quantitative estimate of drug-likeness (QED) is 0.0205. The van der Waals surface area contributed by atoms with Crippen molar-refractivity contribution in [1.82, 2.24) is 73.4 Å². The molecule has 39 heteroatoms. The molecule has 3 fully saturated rings. The third-order valence-electron chi connectivity index (χ3n) is 25.8. The van der Waals surface area contributed by atoms with E-state index in [9.17, 15) is 43.2 Å². The highest BCUT2D eigenvalue weighted by Gasteiger charge is 2.35. The number of ketones is 3. The first kappa shape index (κ1) is 112. The van der Waals surface area contributed by atoms with Crippen LogP contribution in [0, 0.1) is 38.5 Å². The number of pyridine rings is 3. The molecule has 2 saturated heterocycles. The number of aromatic nitrogens is 9. The number of nitrogens with one attached hydrogen (secondary N) is 4. The molecule has 12 aromatic rings. The SMILES string of the molecule is C=CC(=O)Cc1cccc(C)c1Nc1ncc2cc(-c3c(Cl)c(OC)cc(OC)c3Cl)c(=O)n(CC3CC(NC(=O)/C=C/CN(C)C)C3)c2n1.C=CC(=O)Cc1cccc(C)c1Nc1ncc2cc(-c3c(Cl)c(OC)cc(OC)c3Cl)c(=O)n(CCCN3CCN(C(=O)C#CC)CC3)c2n1.C=CC(=O)Cc1cccc(C)c1Nc1ncc2cc(-c3c(Cl)c(OC)cc(OC)c3Cl)c(=O)n(CCCN3CCN(C(=O)C=C)CC3)c2n1. The highest BCUT2D eigenvalue weighted by molar-refractivity contribution is 6.43. The zero-order valence-corrected chi connectivity index (χ0v) is 89.4. The van der Waals surface area contributed by atoms with Gasteiger partial charge >= 0.3 is 0 Å². The Bertz CT molecular complexity index is 7400. The summed E-state index contributed by atoms with van der Waals surface area (Å²) in [6.45, 7) is 30.0. The number of halogens is 6. The number of amides is 3. The maximum atomic E-state index is 14.5. The van der Waals surface area contributed by atoms with Crippen LogP contribution in [0.3, 0.4) is 0 Å². The van der Waals surface area contributed by atoms with Gasteiger partial charge in [-0.05, 0) is 168 Å². The van der Waals surface area contributed by atoms with Gasteiger partial charge in [0.15, 0.2) is 17.3 Å². The lowest BCUT2D eigenvalue weighted by Gasteiger charge is -2.36. The van der Waals surface area contributed by atoms with E-state index in [2.05, 4.69) is 84.2 Å². The second kappa shape index (κ2) is 51.5. The number of anilines is 6. The number of allylic oxidation sites excluding steroid dienone is 3. The number of ether oxygens (including phenoxy) is 6. The molecule has 1 saturated carbocycles. The van der Waals surface area contributed by atoms with E-state index in [1.807, 2.05) is 100 Å². The van der Waals surface area contributed by atoms with Gasteiger partial charge < -0.3 is 64.4 Å². The van der Waals surface area contributed by atoms with Gasteiger partial charge in [0.2, 0.25) is 29.7 Å². The predicted molar refractivity (Wildman–Crippen MR) is 588 cm³/mol. The third-order valence-corrected chi connectivity index (χ3v) is 28.1. The predicted octanol–water partition coefficient (Wildman–Crippen LogP) is 17.7. The van der Waals surface area contributed by atoms with Gasteiger partial charge in [-0.2, -0.15) is 15.0 Å². The molecule has 0 atom stereocenters. The van der Waals surface area contributed by atoms with Gasteiger partial charge in [-0.3, -0.25) is 66.7 Å². The number of aryl methyl sites for hydroxylation is 5. The molecule has 2 aliphatic heterocycles. The van der Waals surface area contributed by atoms with E-state index >= 15 is 0 Å². The summed E-state index contributed by atoms with van der Waals surface area (Å²) in [6, 6.07) is 26.7. The number of carbonyl (C=O) groups is 6. The zero-order valence-electron chi connectivity index (χ0n) is 84.8. The van der Waals surface area contributed by atoms with Crippen LogP contribution in [-0.4, -0.2) is 238 Å². The summed E-state index contributed by atoms with van der Waals surface area (Å²) >= 11 is 40.6. The number of hydrogen-bond acceptors (Lipinski definition) is 27. The maximum Gasteiger partial charge on any atom is 0.298 e. The van der Waals surface area contributed by atoms with Crippen molar-refractivity contribution < 1.29 is 57.2 Å². The normalized spacial score (nSPS) is 14.0. The third kappa shape index (κ3) is 26.5. The van der Waals surface area contributed by atoms with E-state index < -0.39 is 0 Å². The van der Waals surface area contributed by atoms with Gasteiger partial charge in [-0.1, -0.05) is 163 Å². The van der Waals surface area contributed by atoms with Crippen molar-refractivity contribution in [3.8, 4) is 79.7 Å². The Kier molecular flexibility index (Phi) is 38.7. The Morgan fingerprint density at radius 3 is 1.09 bits per heavy atom. The summed E-state index contributed by atoms with van der Waals surface area (Å²) in [6.07, 6.45) is 16.6. The number of nitrogens with zero attached hydrogens (tertiary/aromatic N) is 14. The molecule has 0 unspecified atom stereocenters. The Morgan fingerprint density at radius 1 is 0.450 bits per heavy atom. The number of carbonyl (C=O) groups excluding carboxylic acids is 6. The van der Waals surface area contributed by atoms with E-state index in [0.717, 1.165) is 33.4 Å². The minimum Gasteiger partial charge on any atom is -0.495 e. The minimum atomic E-state index is -0.367. The van der Waals surface area contributed by atoms with Crippen molar-refractivity contribution >= 4 is 173 Å². The van der Waals surface area contributed by atoms with Gasteiger partial charge in [0.05, 0.1) is 89.5 Å². The highest BCUT2D eigenvalue weighted by Crippen LogP contribution is 2.50. The fourth-order valence-corrected chi connectivity index (χ4v) is 20.0. The molecule has 0 spiro atoms. The van der Waals surface area contributed by atoms with E-state index in [1.165, 1.54) is 67.0 Å². The molecule has 778 valence electrons. The molecule has 0 bridgehead atoms. The lowest BCUT2D eigenvalue weighted by molar-refractivity contribution is -0.128. The number of likely N-dealkylation sites (N-methyl/N-ethyl adjacent to an activating group) is 1. The van der Waals surface area contributed by atoms with Crippen LogP contribution in [0.4, 0.5) is 34.9 Å². The Balaban J connectivity index is 0.000000186. The number of fused-ring (bicyclic) bond motifs is 3. The van der Waals surface area contributed by atoms with Gasteiger partial charge in [0, 0.05) is 197 Å². The van der Waals surface area contributed by atoms with Crippen LogP contribution >= 0.6 is 69.6 Å². The molecule has 15 rings (SSSR count). The lowest BCUT2D eigenvalue weighted by atomic mass is 9.80. The van der Waals surface area contributed by atoms with Gasteiger partial charge in [-0.25, -0.2) is 15.0 Å². The summed E-state index contributed by atoms with van der Waals surface area (Å²) in [5, 5.41) is 15.6. The first-order valence-electron chi connectivity index (χ1n) is 47.9. The first-order valence-corrected chi connectivity index (χ1v) is 50.1. The Hall–Kier alpha value is -14.3. The standard InChI is InChI=1S/C37H40Cl2N6O5.C37H38Cl2N6O5.C36H38Cl2N6O5/c1-7-26(46)16-23-11-8-10-21(2)34(23)42-37-40-19-24-17-27(31-32(38)28(49-5)18-29(50-6)33(31)39)36(48)45(35(24)43-37)20-22-14-25(15-22)41-30(47)12-9-13-44(3)4;1-6-10-30(47)44-17-15-43(16-18-44)13-9-14-45-35-25(20-27(36(45)48)31-32(38)28(49-4)21-29(50-5)33(31)39)22-40-37(42-35)41-34-23(3)11-8-12-24(34)19-26(46)7-2;1-6-25(45)18-23-11-8-10-22(3)33(23)40-36-39-21-24-19-26(30-31(37)27(48-4)20-28(49-5)32(30)38)35(47)44(34(24)41-36)13-9-12-42-14-16-43(17-15-42)29(46)7-2/h7-12,17-19,22,25H,1,13-16,20H2,2-6H3,(H,41,47)(H,40,42,43);7-8,11-12,20-22H,2,9,13-19H2,1,3-5H3,(H,40,41,42);6-8,10-11,19-21H,1-2,9,12-18H2,3-5H3,(H,39,40,41)/b12-9+;;. The molecular weight excluding hydrogens is 2030 g/mol. The number of piperazine rings is 2. The van der Waals surface area contributed by atoms with E-state index in [-0.39, 0.29) is 164 Å². The van der Waals surface area contributed by atoms with Crippen molar-refractivity contribution in [2.75, 3.05) is 145 Å². The van der Waals surface area contributed by atoms with Crippen molar-refractivity contribution in [2.24, 2.45) is 5.92 Å². The van der Waals surface area contributed by atoms with Gasteiger partial charge in [0.1, 0.15) is 51.4 Å².